The van der Waals surface area contributed by atoms with Crippen molar-refractivity contribution in [1.29, 1.82) is 0 Å². The van der Waals surface area contributed by atoms with Crippen molar-refractivity contribution in [3.8, 4) is 0 Å². The fourth-order valence-electron chi connectivity index (χ4n) is 2.09. The van der Waals surface area contributed by atoms with Crippen LogP contribution in [0.4, 0.5) is 0 Å². The van der Waals surface area contributed by atoms with Crippen LogP contribution >= 0.6 is 0 Å². The normalized spacial score (nSPS) is 17.7. The van der Waals surface area contributed by atoms with Crippen LogP contribution in [0, 0.1) is 13.0 Å². The van der Waals surface area contributed by atoms with Gasteiger partial charge in [-0.25, -0.2) is 0 Å². The molecule has 2 aromatic rings. The number of benzene rings is 2. The minimum Gasteiger partial charge on any atom is -0.369 e. The lowest BCUT2D eigenvalue weighted by molar-refractivity contribution is 0.0641. The molecule has 0 amide bonds. The molecule has 1 aliphatic rings. The molecule has 2 aromatic carbocycles. The van der Waals surface area contributed by atoms with Crippen LogP contribution in [0.5, 0.6) is 0 Å². The first-order valence-electron chi connectivity index (χ1n) is 7.00. The minimum atomic E-state index is 0.270. The fourth-order valence-corrected chi connectivity index (χ4v) is 2.09. The average Bonchev–Trinajstić information content (AvgIpc) is 2.50. The fraction of sp³-hybridized carbons (Fsp3) is 0.263. The Morgan fingerprint density at radius 2 is 1.70 bits per heavy atom. The van der Waals surface area contributed by atoms with Crippen LogP contribution in [0.25, 0.3) is 0 Å². The molecular weight excluding hydrogens is 244 g/mol. The highest BCUT2D eigenvalue weighted by molar-refractivity contribution is 5.20. The standard InChI is InChI=1S/C12H14O.C7H7/c1-10-7-8-13-12(9-10)11-5-3-2-4-6-11;1-7-5-3-2-4-6-7/h2-7,12H,8-9H2,1H3;3-6H,1H3. The van der Waals surface area contributed by atoms with Crippen molar-refractivity contribution in [3.63, 3.8) is 0 Å². The summed E-state index contributed by atoms with van der Waals surface area (Å²) in [5.41, 5.74) is 4.01. The Balaban J connectivity index is 0.000000178. The molecule has 0 spiro atoms. The Bertz CT molecular complexity index is 528. The van der Waals surface area contributed by atoms with Gasteiger partial charge < -0.3 is 4.74 Å². The van der Waals surface area contributed by atoms with E-state index >= 15 is 0 Å². The van der Waals surface area contributed by atoms with E-state index in [0.29, 0.717) is 0 Å². The highest BCUT2D eigenvalue weighted by Gasteiger charge is 2.14. The molecule has 0 aromatic heterocycles. The van der Waals surface area contributed by atoms with Crippen LogP contribution in [0.2, 0.25) is 0 Å². The molecule has 1 heterocycles. The van der Waals surface area contributed by atoms with Gasteiger partial charge in [0.25, 0.3) is 0 Å². The van der Waals surface area contributed by atoms with Gasteiger partial charge in [0.05, 0.1) is 12.7 Å². The molecule has 0 saturated carbocycles. The SMILES string of the molecule is CC1=CCOC(c2ccccc2)C1.Cc1cc[c]cc1. The van der Waals surface area contributed by atoms with Crippen LogP contribution in [0.15, 0.2) is 66.2 Å². The molecule has 0 aliphatic carbocycles. The van der Waals surface area contributed by atoms with Crippen molar-refractivity contribution in [2.45, 2.75) is 26.4 Å². The van der Waals surface area contributed by atoms with Crippen LogP contribution in [0.3, 0.4) is 0 Å². The van der Waals surface area contributed by atoms with E-state index < -0.39 is 0 Å². The third-order valence-electron chi connectivity index (χ3n) is 3.29. The summed E-state index contributed by atoms with van der Waals surface area (Å²) in [5, 5.41) is 0. The quantitative estimate of drug-likeness (QED) is 0.667. The van der Waals surface area contributed by atoms with E-state index in [2.05, 4.69) is 50.3 Å². The Hall–Kier alpha value is -1.86. The summed E-state index contributed by atoms with van der Waals surface area (Å²) < 4.78 is 5.66. The van der Waals surface area contributed by atoms with E-state index in [-0.39, 0.29) is 6.10 Å². The van der Waals surface area contributed by atoms with E-state index in [1.54, 1.807) is 0 Å². The average molecular weight is 265 g/mol. The Kier molecular flexibility index (Phi) is 5.57. The lowest BCUT2D eigenvalue weighted by atomic mass is 10.0. The van der Waals surface area contributed by atoms with Gasteiger partial charge in [-0.05, 0) is 31.9 Å². The Labute approximate surface area is 121 Å². The van der Waals surface area contributed by atoms with Crippen LogP contribution in [-0.4, -0.2) is 6.61 Å². The van der Waals surface area contributed by atoms with Crippen molar-refractivity contribution in [2.75, 3.05) is 6.61 Å². The second-order valence-electron chi connectivity index (χ2n) is 5.06. The van der Waals surface area contributed by atoms with Crippen molar-refractivity contribution >= 4 is 0 Å². The molecule has 1 unspecified atom stereocenters. The first-order chi connectivity index (χ1) is 9.75. The molecule has 1 atom stereocenters. The number of ether oxygens (including phenoxy) is 1. The van der Waals surface area contributed by atoms with Gasteiger partial charge in [0.1, 0.15) is 0 Å². The summed E-state index contributed by atoms with van der Waals surface area (Å²) >= 11 is 0. The summed E-state index contributed by atoms with van der Waals surface area (Å²) in [4.78, 5) is 0. The second kappa shape index (κ2) is 7.66. The maximum Gasteiger partial charge on any atom is 0.0866 e. The molecular formula is C19H21O. The zero-order valence-corrected chi connectivity index (χ0v) is 12.2. The number of rotatable bonds is 1. The van der Waals surface area contributed by atoms with E-state index in [1.807, 2.05) is 30.3 Å². The number of hydrogen-bond acceptors (Lipinski definition) is 1. The molecule has 0 bridgehead atoms. The molecule has 103 valence electrons. The zero-order valence-electron chi connectivity index (χ0n) is 12.2. The second-order valence-corrected chi connectivity index (χ2v) is 5.06. The van der Waals surface area contributed by atoms with Gasteiger partial charge in [0, 0.05) is 0 Å². The van der Waals surface area contributed by atoms with Crippen LogP contribution in [-0.2, 0) is 4.74 Å². The van der Waals surface area contributed by atoms with Gasteiger partial charge >= 0.3 is 0 Å². The largest absolute Gasteiger partial charge is 0.369 e. The maximum absolute atomic E-state index is 5.66. The Morgan fingerprint density at radius 3 is 2.25 bits per heavy atom. The van der Waals surface area contributed by atoms with E-state index in [9.17, 15) is 0 Å². The first-order valence-corrected chi connectivity index (χ1v) is 7.00. The van der Waals surface area contributed by atoms with Crippen LogP contribution < -0.4 is 0 Å². The topological polar surface area (TPSA) is 9.23 Å². The summed E-state index contributed by atoms with van der Waals surface area (Å²) in [6.07, 6.45) is 3.45. The predicted octanol–water partition coefficient (Wildman–Crippen LogP) is 4.89. The minimum absolute atomic E-state index is 0.270. The maximum atomic E-state index is 5.66. The highest BCUT2D eigenvalue weighted by Crippen LogP contribution is 2.27. The third kappa shape index (κ3) is 4.67. The molecule has 0 N–H and O–H groups in total. The van der Waals surface area contributed by atoms with Crippen molar-refractivity contribution in [3.05, 3.63) is 83.4 Å². The van der Waals surface area contributed by atoms with Crippen molar-refractivity contribution in [2.24, 2.45) is 0 Å². The lowest BCUT2D eigenvalue weighted by Crippen LogP contribution is -2.09. The van der Waals surface area contributed by atoms with Gasteiger partial charge in [0.15, 0.2) is 0 Å². The first kappa shape index (κ1) is 14.5. The third-order valence-corrected chi connectivity index (χ3v) is 3.29. The van der Waals surface area contributed by atoms with E-state index in [1.165, 1.54) is 16.7 Å². The van der Waals surface area contributed by atoms with Gasteiger partial charge in [0.2, 0.25) is 0 Å². The van der Waals surface area contributed by atoms with Crippen molar-refractivity contribution in [1.82, 2.24) is 0 Å². The zero-order chi connectivity index (χ0) is 14.2. The molecule has 1 nitrogen and oxygen atoms in total. The predicted molar refractivity (Wildman–Crippen MR) is 83.5 cm³/mol. The molecule has 1 heteroatoms. The molecule has 1 radical (unpaired) electrons. The molecule has 3 rings (SSSR count). The highest BCUT2D eigenvalue weighted by atomic mass is 16.5. The molecule has 0 fully saturated rings. The number of aryl methyl sites for hydroxylation is 1. The lowest BCUT2D eigenvalue weighted by Gasteiger charge is -2.22. The van der Waals surface area contributed by atoms with Gasteiger partial charge in [-0.3, -0.25) is 0 Å². The van der Waals surface area contributed by atoms with Gasteiger partial charge in [-0.15, -0.1) is 0 Å². The van der Waals surface area contributed by atoms with Gasteiger partial charge in [-0.1, -0.05) is 71.8 Å². The summed E-state index contributed by atoms with van der Waals surface area (Å²) in [7, 11) is 0. The molecule has 0 saturated heterocycles. The monoisotopic (exact) mass is 265 g/mol. The van der Waals surface area contributed by atoms with E-state index in [4.69, 9.17) is 4.74 Å². The summed E-state index contributed by atoms with van der Waals surface area (Å²) in [6, 6.07) is 21.2. The summed E-state index contributed by atoms with van der Waals surface area (Å²) in [5.74, 6) is 0. The van der Waals surface area contributed by atoms with Crippen LogP contribution in [0.1, 0.15) is 30.6 Å². The smallest absolute Gasteiger partial charge is 0.0866 e. The molecule has 1 aliphatic heterocycles. The molecule has 20 heavy (non-hydrogen) atoms. The Morgan fingerprint density at radius 1 is 1.00 bits per heavy atom. The van der Waals surface area contributed by atoms with Gasteiger partial charge in [-0.2, -0.15) is 0 Å². The van der Waals surface area contributed by atoms with Crippen molar-refractivity contribution < 1.29 is 4.74 Å². The number of hydrogen-bond donors (Lipinski definition) is 0. The summed E-state index contributed by atoms with van der Waals surface area (Å²) in [6.45, 7) is 4.98. The van der Waals surface area contributed by atoms with E-state index in [0.717, 1.165) is 13.0 Å².